The van der Waals surface area contributed by atoms with Gasteiger partial charge in [0, 0.05) is 0 Å². The molecule has 2 fully saturated rings. The van der Waals surface area contributed by atoms with Crippen molar-refractivity contribution < 1.29 is 18.7 Å². The van der Waals surface area contributed by atoms with Gasteiger partial charge >= 0.3 is 6.09 Å². The van der Waals surface area contributed by atoms with Crippen LogP contribution < -0.4 is 10.4 Å². The highest BCUT2D eigenvalue weighted by Gasteiger charge is 2.54. The summed E-state index contributed by atoms with van der Waals surface area (Å²) in [7, 11) is -2.83. The number of carbonyl (C=O) groups excluding carboxylic acids is 1. The summed E-state index contributed by atoms with van der Waals surface area (Å²) < 4.78 is 19.9. The Kier molecular flexibility index (Phi) is 8.27. The fourth-order valence-electron chi connectivity index (χ4n) is 6.78. The molecule has 0 N–H and O–H groups in total. The summed E-state index contributed by atoms with van der Waals surface area (Å²) in [5, 5.41) is 2.31. The third-order valence-electron chi connectivity index (χ3n) is 8.65. The van der Waals surface area contributed by atoms with Crippen LogP contribution in [0.1, 0.15) is 66.9 Å². The monoisotopic (exact) mass is 583 g/mol. The minimum absolute atomic E-state index is 0.163. The van der Waals surface area contributed by atoms with Crippen LogP contribution in [0.2, 0.25) is 5.04 Å². The van der Waals surface area contributed by atoms with Crippen molar-refractivity contribution in [2.24, 2.45) is 0 Å². The second-order valence-electron chi connectivity index (χ2n) is 13.7. The Bertz CT molecular complexity index is 1340. The van der Waals surface area contributed by atoms with Gasteiger partial charge in [-0.3, -0.25) is 4.90 Å². The van der Waals surface area contributed by atoms with E-state index in [1.807, 2.05) is 45.9 Å². The van der Waals surface area contributed by atoms with Gasteiger partial charge in [-0.05, 0) is 73.2 Å². The highest BCUT2D eigenvalue weighted by atomic mass is 28.4. The largest absolute Gasteiger partial charge is 0.441 e. The molecular weight excluding hydrogens is 538 g/mol. The lowest BCUT2D eigenvalue weighted by Crippen LogP contribution is -2.67. The van der Waals surface area contributed by atoms with Crippen molar-refractivity contribution in [1.82, 2.24) is 4.90 Å². The van der Waals surface area contributed by atoms with Crippen LogP contribution in [-0.4, -0.2) is 49.4 Å². The van der Waals surface area contributed by atoms with Crippen LogP contribution in [0.5, 0.6) is 0 Å². The van der Waals surface area contributed by atoms with Crippen LogP contribution in [0.4, 0.5) is 4.79 Å². The predicted octanol–water partition coefficient (Wildman–Crippen LogP) is 7.16. The number of rotatable bonds is 6. The standard InChI is InChI=1S/C36H45NO4Si/c1-34(2,3)42(28-19-13-9-14-20-28,29-21-15-10-16-22-29)41-32-24-23-31(30(32)25-27-17-11-8-12-18-27)40-33(38)37-35(4,5)26-39-36(37,6)7/h8-22,25,31-32H,23-24,26H2,1-7H3/b30-25+/t31-,32?/m1/s1. The smallest absolute Gasteiger partial charge is 0.413 e. The van der Waals surface area contributed by atoms with Crippen molar-refractivity contribution in [3.05, 3.63) is 102 Å². The highest BCUT2D eigenvalue weighted by molar-refractivity contribution is 6.99. The van der Waals surface area contributed by atoms with Gasteiger partial charge in [-0.15, -0.1) is 0 Å². The lowest BCUT2D eigenvalue weighted by Gasteiger charge is -2.45. The molecule has 0 bridgehead atoms. The van der Waals surface area contributed by atoms with E-state index in [1.165, 1.54) is 10.4 Å². The first-order valence-corrected chi connectivity index (χ1v) is 17.0. The first-order valence-electron chi connectivity index (χ1n) is 15.1. The van der Waals surface area contributed by atoms with Gasteiger partial charge < -0.3 is 13.9 Å². The van der Waals surface area contributed by atoms with Crippen LogP contribution in [0.3, 0.4) is 0 Å². The lowest BCUT2D eigenvalue weighted by molar-refractivity contribution is -0.0557. The van der Waals surface area contributed by atoms with Crippen molar-refractivity contribution >= 4 is 30.9 Å². The van der Waals surface area contributed by atoms with Crippen LogP contribution in [0.15, 0.2) is 96.6 Å². The number of hydrogen-bond acceptors (Lipinski definition) is 4. The van der Waals surface area contributed by atoms with Gasteiger partial charge in [-0.25, -0.2) is 4.79 Å². The third-order valence-corrected chi connectivity index (χ3v) is 13.7. The summed E-state index contributed by atoms with van der Waals surface area (Å²) in [5.74, 6) is 0. The van der Waals surface area contributed by atoms with E-state index in [9.17, 15) is 4.79 Å². The van der Waals surface area contributed by atoms with Crippen LogP contribution in [-0.2, 0) is 13.9 Å². The van der Waals surface area contributed by atoms with Gasteiger partial charge in [-0.2, -0.15) is 0 Å². The molecule has 42 heavy (non-hydrogen) atoms. The van der Waals surface area contributed by atoms with Gasteiger partial charge in [0.25, 0.3) is 8.32 Å². The van der Waals surface area contributed by atoms with Crippen molar-refractivity contribution in [3.63, 3.8) is 0 Å². The molecule has 6 heteroatoms. The molecule has 0 spiro atoms. The number of nitrogens with zero attached hydrogens (tertiary/aromatic N) is 1. The molecular formula is C36H45NO4Si. The van der Waals surface area contributed by atoms with Crippen molar-refractivity contribution in [1.29, 1.82) is 0 Å². The summed E-state index contributed by atoms with van der Waals surface area (Å²) in [6.45, 7) is 15.2. The Morgan fingerprint density at radius 3 is 1.81 bits per heavy atom. The molecule has 1 unspecified atom stereocenters. The second kappa shape index (κ2) is 11.5. The highest BCUT2D eigenvalue weighted by Crippen LogP contribution is 2.43. The molecule has 5 rings (SSSR count). The number of hydrogen-bond donors (Lipinski definition) is 0. The Morgan fingerprint density at radius 2 is 1.33 bits per heavy atom. The van der Waals surface area contributed by atoms with Gasteiger partial charge in [0.2, 0.25) is 0 Å². The van der Waals surface area contributed by atoms with Crippen molar-refractivity contribution in [2.45, 2.75) is 89.8 Å². The first-order chi connectivity index (χ1) is 19.8. The Morgan fingerprint density at radius 1 is 0.833 bits per heavy atom. The summed E-state index contributed by atoms with van der Waals surface area (Å²) in [4.78, 5) is 15.5. The van der Waals surface area contributed by atoms with E-state index in [4.69, 9.17) is 13.9 Å². The Labute approximate surface area is 252 Å². The summed E-state index contributed by atoms with van der Waals surface area (Å²) in [6.07, 6.45) is 2.69. The zero-order valence-electron chi connectivity index (χ0n) is 26.1. The molecule has 3 aromatic rings. The predicted molar refractivity (Wildman–Crippen MR) is 172 cm³/mol. The van der Waals surface area contributed by atoms with E-state index in [0.717, 1.165) is 17.6 Å². The fraction of sp³-hybridized carbons (Fsp3) is 0.417. The lowest BCUT2D eigenvalue weighted by atomic mass is 10.0. The quantitative estimate of drug-likeness (QED) is 0.289. The topological polar surface area (TPSA) is 48.0 Å². The minimum atomic E-state index is -2.83. The summed E-state index contributed by atoms with van der Waals surface area (Å²) >= 11 is 0. The molecule has 1 aliphatic carbocycles. The minimum Gasteiger partial charge on any atom is -0.441 e. The molecule has 1 aliphatic heterocycles. The summed E-state index contributed by atoms with van der Waals surface area (Å²) in [6, 6.07) is 31.7. The molecule has 5 nitrogen and oxygen atoms in total. The van der Waals surface area contributed by atoms with E-state index >= 15 is 0 Å². The number of carbonyl (C=O) groups is 1. The van der Waals surface area contributed by atoms with E-state index in [-0.39, 0.29) is 17.2 Å². The molecule has 1 saturated carbocycles. The average Bonchev–Trinajstić information content (AvgIpc) is 3.42. The molecule has 0 aromatic heterocycles. The maximum Gasteiger partial charge on any atom is 0.413 e. The first kappa shape index (κ1) is 30.3. The zero-order valence-corrected chi connectivity index (χ0v) is 27.1. The van der Waals surface area contributed by atoms with Crippen LogP contribution in [0, 0.1) is 0 Å². The average molecular weight is 584 g/mol. The molecule has 2 aliphatic rings. The second-order valence-corrected chi connectivity index (χ2v) is 17.9. The molecule has 1 saturated heterocycles. The molecule has 1 amide bonds. The summed E-state index contributed by atoms with van der Waals surface area (Å²) in [5.41, 5.74) is 0.871. The van der Waals surface area contributed by atoms with Gasteiger partial charge in [-0.1, -0.05) is 112 Å². The van der Waals surface area contributed by atoms with E-state index < -0.39 is 25.7 Å². The number of ether oxygens (including phenoxy) is 2. The van der Waals surface area contributed by atoms with Crippen LogP contribution in [0.25, 0.3) is 6.08 Å². The molecule has 1 heterocycles. The van der Waals surface area contributed by atoms with Gasteiger partial charge in [0.15, 0.2) is 0 Å². The molecule has 2 atom stereocenters. The van der Waals surface area contributed by atoms with E-state index in [1.54, 1.807) is 4.90 Å². The number of benzene rings is 3. The molecule has 222 valence electrons. The SMILES string of the molecule is CC1(C)COC(C)(C)N1C(=O)O[C@@H]1CCC(O[Si](c2ccccc2)(c2ccccc2)C(C)(C)C)/C1=C/c1ccccc1. The Hall–Kier alpha value is -3.19. The third kappa shape index (κ3) is 5.72. The van der Waals surface area contributed by atoms with E-state index in [2.05, 4.69) is 99.6 Å². The van der Waals surface area contributed by atoms with E-state index in [0.29, 0.717) is 13.0 Å². The van der Waals surface area contributed by atoms with Crippen molar-refractivity contribution in [2.75, 3.05) is 6.61 Å². The Balaban J connectivity index is 1.57. The normalized spacial score (nSPS) is 22.8. The number of amides is 1. The maximum atomic E-state index is 13.8. The molecule has 0 radical (unpaired) electrons. The van der Waals surface area contributed by atoms with Gasteiger partial charge in [0.05, 0.1) is 18.2 Å². The van der Waals surface area contributed by atoms with Crippen molar-refractivity contribution in [3.8, 4) is 0 Å². The maximum absolute atomic E-state index is 13.8. The fourth-order valence-corrected chi connectivity index (χ4v) is 11.5. The van der Waals surface area contributed by atoms with Crippen LogP contribution >= 0.6 is 0 Å². The molecule has 3 aromatic carbocycles. The zero-order chi connectivity index (χ0) is 30.2. The van der Waals surface area contributed by atoms with Gasteiger partial charge in [0.1, 0.15) is 11.8 Å².